The van der Waals surface area contributed by atoms with Crippen LogP contribution >= 0.6 is 11.3 Å². The maximum atomic E-state index is 13.1. The number of amides is 1. The lowest BCUT2D eigenvalue weighted by atomic mass is 9.95. The Morgan fingerprint density at radius 1 is 1.28 bits per heavy atom. The monoisotopic (exact) mass is 448 g/mol. The van der Waals surface area contributed by atoms with Crippen LogP contribution in [0.3, 0.4) is 0 Å². The minimum atomic E-state index is -0.247. The second-order valence-electron chi connectivity index (χ2n) is 8.72. The molecule has 1 aliphatic rings. The number of thiophene rings is 1. The van der Waals surface area contributed by atoms with Crippen LogP contribution in [0.5, 0.6) is 0 Å². The van der Waals surface area contributed by atoms with Gasteiger partial charge in [-0.25, -0.2) is 9.97 Å². The summed E-state index contributed by atoms with van der Waals surface area (Å²) >= 11 is 1.34. The first-order valence-electron chi connectivity index (χ1n) is 10.6. The van der Waals surface area contributed by atoms with Gasteiger partial charge in [-0.2, -0.15) is 0 Å². The zero-order valence-corrected chi connectivity index (χ0v) is 18.9. The molecule has 8 heteroatoms. The third-order valence-corrected chi connectivity index (χ3v) is 6.79. The first kappa shape index (κ1) is 20.8. The molecule has 1 amide bonds. The molecule has 0 spiro atoms. The van der Waals surface area contributed by atoms with Gasteiger partial charge in [0.1, 0.15) is 16.1 Å². The Labute approximate surface area is 189 Å². The van der Waals surface area contributed by atoms with E-state index in [1.807, 2.05) is 36.4 Å². The smallest absolute Gasteiger partial charge is 0.271 e. The Morgan fingerprint density at radius 3 is 2.91 bits per heavy atom. The maximum Gasteiger partial charge on any atom is 0.271 e. The van der Waals surface area contributed by atoms with Gasteiger partial charge < -0.3 is 10.1 Å². The van der Waals surface area contributed by atoms with Crippen LogP contribution in [0.4, 0.5) is 0 Å². The highest BCUT2D eigenvalue weighted by Crippen LogP contribution is 2.34. The number of carbonyl (C=O) groups excluding carboxylic acids is 1. The van der Waals surface area contributed by atoms with Crippen LogP contribution in [0.25, 0.3) is 20.4 Å². The van der Waals surface area contributed by atoms with Gasteiger partial charge in [0.2, 0.25) is 5.91 Å². The van der Waals surface area contributed by atoms with E-state index >= 15 is 0 Å². The summed E-state index contributed by atoms with van der Waals surface area (Å²) in [6, 6.07) is 12.0. The van der Waals surface area contributed by atoms with Crippen LogP contribution in [0.15, 0.2) is 47.5 Å². The minimum Gasteiger partial charge on any atom is -0.370 e. The summed E-state index contributed by atoms with van der Waals surface area (Å²) in [4.78, 5) is 35.5. The highest BCUT2D eigenvalue weighted by atomic mass is 32.1. The molecule has 0 fully saturated rings. The molecule has 0 saturated heterocycles. The van der Waals surface area contributed by atoms with Crippen molar-refractivity contribution in [2.75, 3.05) is 6.54 Å². The highest BCUT2D eigenvalue weighted by molar-refractivity contribution is 7.25. The molecule has 0 saturated carbocycles. The third-order valence-electron chi connectivity index (χ3n) is 5.71. The molecule has 0 radical (unpaired) electrons. The van der Waals surface area contributed by atoms with Crippen molar-refractivity contribution in [3.8, 4) is 0 Å². The lowest BCUT2D eigenvalue weighted by molar-refractivity contribution is -0.121. The number of benzene rings is 1. The summed E-state index contributed by atoms with van der Waals surface area (Å²) in [7, 11) is 0. The summed E-state index contributed by atoms with van der Waals surface area (Å²) < 4.78 is 7.79. The molecule has 1 N–H and O–H groups in total. The van der Waals surface area contributed by atoms with Gasteiger partial charge in [0.15, 0.2) is 0 Å². The molecule has 0 bridgehead atoms. The van der Waals surface area contributed by atoms with E-state index in [1.165, 1.54) is 22.2 Å². The van der Waals surface area contributed by atoms with E-state index in [0.717, 1.165) is 39.9 Å². The third kappa shape index (κ3) is 4.03. The molecule has 7 nitrogen and oxygen atoms in total. The van der Waals surface area contributed by atoms with Crippen LogP contribution in [0.2, 0.25) is 0 Å². The Morgan fingerprint density at radius 2 is 2.09 bits per heavy atom. The Hall–Kier alpha value is -3.10. The molecule has 0 atom stereocenters. The van der Waals surface area contributed by atoms with Crippen molar-refractivity contribution in [2.24, 2.45) is 0 Å². The Bertz CT molecular complexity index is 1380. The molecule has 3 aromatic heterocycles. The molecular weight excluding hydrogens is 424 g/mol. The topological polar surface area (TPSA) is 86.1 Å². The van der Waals surface area contributed by atoms with Gasteiger partial charge in [0.05, 0.1) is 29.7 Å². The summed E-state index contributed by atoms with van der Waals surface area (Å²) in [5.41, 5.74) is 3.38. The van der Waals surface area contributed by atoms with E-state index in [-0.39, 0.29) is 23.6 Å². The zero-order valence-electron chi connectivity index (χ0n) is 18.1. The van der Waals surface area contributed by atoms with Gasteiger partial charge in [-0.05, 0) is 31.9 Å². The van der Waals surface area contributed by atoms with Gasteiger partial charge in [-0.1, -0.05) is 30.3 Å². The quantitative estimate of drug-likeness (QED) is 0.507. The molecule has 4 aromatic rings. The number of hydrogen-bond donors (Lipinski definition) is 1. The summed E-state index contributed by atoms with van der Waals surface area (Å²) in [5, 5.41) is 3.74. The second kappa shape index (κ2) is 8.11. The van der Waals surface area contributed by atoms with Crippen LogP contribution in [0.1, 0.15) is 30.7 Å². The van der Waals surface area contributed by atoms with Crippen molar-refractivity contribution in [3.63, 3.8) is 0 Å². The Balaban J connectivity index is 1.37. The van der Waals surface area contributed by atoms with E-state index in [0.29, 0.717) is 23.4 Å². The molecule has 5 rings (SSSR count). The fourth-order valence-electron chi connectivity index (χ4n) is 3.99. The predicted octanol–water partition coefficient (Wildman–Crippen LogP) is 3.22. The number of carbonyl (C=O) groups is 1. The number of fused-ring (bicyclic) bond motifs is 4. The molecule has 4 heterocycles. The predicted molar refractivity (Wildman–Crippen MR) is 125 cm³/mol. The van der Waals surface area contributed by atoms with E-state index in [4.69, 9.17) is 9.72 Å². The average molecular weight is 449 g/mol. The van der Waals surface area contributed by atoms with Crippen LogP contribution in [-0.2, 0) is 35.5 Å². The summed E-state index contributed by atoms with van der Waals surface area (Å²) in [6.45, 7) is 5.07. The lowest BCUT2D eigenvalue weighted by Gasteiger charge is -2.30. The standard InChI is InChI=1S/C24H24N4O3S/c1-24(2)11-18-16(13-31-24)10-17-20-21(32-22(17)27-18)23(30)28(14-26-20)12-19(29)25-9-8-15-6-4-3-5-7-15/h3-7,10,14H,8-9,11-13H2,1-2H3,(H,25,29). The molecule has 0 unspecified atom stereocenters. The fraction of sp³-hybridized carbons (Fsp3) is 0.333. The van der Waals surface area contributed by atoms with Crippen molar-refractivity contribution in [2.45, 2.75) is 45.4 Å². The first-order chi connectivity index (χ1) is 15.4. The maximum absolute atomic E-state index is 13.1. The lowest BCUT2D eigenvalue weighted by Crippen LogP contribution is -2.33. The van der Waals surface area contributed by atoms with Gasteiger partial charge in [0.25, 0.3) is 5.56 Å². The van der Waals surface area contributed by atoms with Crippen molar-refractivity contribution < 1.29 is 9.53 Å². The number of nitrogens with one attached hydrogen (secondary N) is 1. The molecule has 1 aromatic carbocycles. The van der Waals surface area contributed by atoms with E-state index in [2.05, 4.69) is 24.1 Å². The van der Waals surface area contributed by atoms with Crippen LogP contribution in [-0.4, -0.2) is 32.6 Å². The minimum absolute atomic E-state index is 0.0588. The summed E-state index contributed by atoms with van der Waals surface area (Å²) in [6.07, 6.45) is 2.92. The van der Waals surface area contributed by atoms with Gasteiger partial charge in [-0.3, -0.25) is 14.2 Å². The first-order valence-corrected chi connectivity index (χ1v) is 11.5. The zero-order chi connectivity index (χ0) is 22.3. The number of hydrogen-bond acceptors (Lipinski definition) is 6. The van der Waals surface area contributed by atoms with Crippen LogP contribution < -0.4 is 10.9 Å². The van der Waals surface area contributed by atoms with E-state index in [1.54, 1.807) is 0 Å². The molecule has 32 heavy (non-hydrogen) atoms. The SMILES string of the molecule is CC1(C)Cc2nc3sc4c(=O)n(CC(=O)NCCc5ccccc5)cnc4c3cc2CO1. The van der Waals surface area contributed by atoms with Crippen molar-refractivity contribution in [1.82, 2.24) is 19.9 Å². The van der Waals surface area contributed by atoms with Crippen molar-refractivity contribution in [1.29, 1.82) is 0 Å². The molecule has 164 valence electrons. The van der Waals surface area contributed by atoms with Gasteiger partial charge >= 0.3 is 0 Å². The molecular formula is C24H24N4O3S. The normalized spacial score (nSPS) is 15.1. The molecule has 1 aliphatic heterocycles. The number of ether oxygens (including phenoxy) is 1. The number of nitrogens with zero attached hydrogens (tertiary/aromatic N) is 3. The largest absolute Gasteiger partial charge is 0.370 e. The summed E-state index contributed by atoms with van der Waals surface area (Å²) in [5.74, 6) is -0.210. The highest BCUT2D eigenvalue weighted by Gasteiger charge is 2.28. The van der Waals surface area contributed by atoms with Gasteiger partial charge in [-0.15, -0.1) is 11.3 Å². The molecule has 0 aliphatic carbocycles. The fourth-order valence-corrected chi connectivity index (χ4v) is 5.07. The Kier molecular flexibility index (Phi) is 5.27. The van der Waals surface area contributed by atoms with Crippen LogP contribution in [0, 0.1) is 0 Å². The van der Waals surface area contributed by atoms with Gasteiger partial charge in [0, 0.05) is 23.9 Å². The van der Waals surface area contributed by atoms with Crippen molar-refractivity contribution >= 4 is 37.7 Å². The second-order valence-corrected chi connectivity index (χ2v) is 9.71. The van der Waals surface area contributed by atoms with E-state index < -0.39 is 0 Å². The van der Waals surface area contributed by atoms with E-state index in [9.17, 15) is 9.59 Å². The number of rotatable bonds is 5. The number of aromatic nitrogens is 3. The average Bonchev–Trinajstić information content (AvgIpc) is 3.12. The number of pyridine rings is 1. The van der Waals surface area contributed by atoms with Crippen molar-refractivity contribution in [3.05, 3.63) is 69.9 Å².